The molecule has 1 aromatic carbocycles. The zero-order valence-corrected chi connectivity index (χ0v) is 20.8. The van der Waals surface area contributed by atoms with Gasteiger partial charge < -0.3 is 24.4 Å². The van der Waals surface area contributed by atoms with Crippen LogP contribution in [0.15, 0.2) is 51.6 Å². The summed E-state index contributed by atoms with van der Waals surface area (Å²) in [5.74, 6) is 0.227. The number of rotatable bonds is 8. The maximum Gasteiger partial charge on any atom is 0.338 e. The Bertz CT molecular complexity index is 1030. The fraction of sp³-hybridized carbons (Fsp3) is 0.480. The van der Waals surface area contributed by atoms with E-state index >= 15 is 0 Å². The van der Waals surface area contributed by atoms with Gasteiger partial charge in [-0.1, -0.05) is 23.9 Å². The van der Waals surface area contributed by atoms with Gasteiger partial charge in [-0.15, -0.1) is 0 Å². The van der Waals surface area contributed by atoms with Crippen molar-refractivity contribution in [1.29, 1.82) is 0 Å². The van der Waals surface area contributed by atoms with Gasteiger partial charge >= 0.3 is 5.97 Å². The summed E-state index contributed by atoms with van der Waals surface area (Å²) in [6, 6.07) is 7.13. The van der Waals surface area contributed by atoms with E-state index in [1.54, 1.807) is 7.11 Å². The van der Waals surface area contributed by atoms with Crippen LogP contribution in [0.25, 0.3) is 0 Å². The minimum absolute atomic E-state index is 0.0815. The fourth-order valence-electron chi connectivity index (χ4n) is 4.27. The smallest absolute Gasteiger partial charge is 0.338 e. The Morgan fingerprint density at radius 3 is 2.71 bits per heavy atom. The van der Waals surface area contributed by atoms with Crippen LogP contribution in [-0.2, 0) is 19.1 Å². The molecule has 2 atom stereocenters. The highest BCUT2D eigenvalue weighted by Gasteiger charge is 2.41. The first-order valence-corrected chi connectivity index (χ1v) is 12.4. The molecular formula is C25H31N3O5S. The number of nitrogens with zero attached hydrogens (tertiary/aromatic N) is 2. The summed E-state index contributed by atoms with van der Waals surface area (Å²) in [5, 5.41) is 5.66. The van der Waals surface area contributed by atoms with Crippen molar-refractivity contribution in [1.82, 2.24) is 10.2 Å². The minimum atomic E-state index is -0.461. The number of benzene rings is 1. The number of aliphatic imine (C=N–C) groups is 1. The molecule has 182 valence electrons. The number of hydrogen-bond acceptors (Lipinski definition) is 8. The molecule has 3 heterocycles. The maximum absolute atomic E-state index is 13.2. The molecule has 3 aliphatic rings. The molecule has 8 nitrogen and oxygen atoms in total. The normalized spacial score (nSPS) is 21.9. The van der Waals surface area contributed by atoms with Gasteiger partial charge in [0.2, 0.25) is 5.91 Å². The number of allylic oxidation sites excluding steroid dienone is 1. The molecule has 0 radical (unpaired) electrons. The van der Waals surface area contributed by atoms with Crippen molar-refractivity contribution >= 4 is 28.8 Å². The number of methoxy groups -OCH3 is 1. The van der Waals surface area contributed by atoms with E-state index < -0.39 is 12.0 Å². The summed E-state index contributed by atoms with van der Waals surface area (Å²) in [6.07, 6.45) is 1.99. The standard InChI is InChI=1S/C25H31N3O5S/c1-15(2)33-24(30)22-16(3)27-25-28(23(22)17-7-9-19(31-4)10-8-17)18(14-34-25)12-21(29)26-13-20-6-5-11-32-20/h7-10,14-15,20,23H,5-6,11-13H2,1-4H3,(H,26,29)/t20-,23+/m1/s1. The van der Waals surface area contributed by atoms with Gasteiger partial charge in [-0.25, -0.2) is 9.79 Å². The van der Waals surface area contributed by atoms with Crippen LogP contribution in [0, 0.1) is 0 Å². The lowest BCUT2D eigenvalue weighted by Crippen LogP contribution is -2.39. The van der Waals surface area contributed by atoms with Crippen LogP contribution in [0.1, 0.15) is 51.6 Å². The van der Waals surface area contributed by atoms with Crippen LogP contribution in [0.3, 0.4) is 0 Å². The van der Waals surface area contributed by atoms with E-state index in [9.17, 15) is 9.59 Å². The molecule has 34 heavy (non-hydrogen) atoms. The Morgan fingerprint density at radius 1 is 1.29 bits per heavy atom. The first-order chi connectivity index (χ1) is 16.4. The highest BCUT2D eigenvalue weighted by Crippen LogP contribution is 2.45. The van der Waals surface area contributed by atoms with Crippen molar-refractivity contribution in [2.75, 3.05) is 20.3 Å². The lowest BCUT2D eigenvalue weighted by Gasteiger charge is -2.36. The Balaban J connectivity index is 1.61. The molecule has 1 saturated heterocycles. The number of esters is 1. The average molecular weight is 486 g/mol. The zero-order chi connectivity index (χ0) is 24.2. The Labute approximate surface area is 204 Å². The zero-order valence-electron chi connectivity index (χ0n) is 20.0. The molecule has 0 aromatic heterocycles. The van der Waals surface area contributed by atoms with E-state index in [1.807, 2.05) is 55.3 Å². The summed E-state index contributed by atoms with van der Waals surface area (Å²) in [7, 11) is 1.61. The van der Waals surface area contributed by atoms with E-state index in [0.29, 0.717) is 17.8 Å². The topological polar surface area (TPSA) is 89.5 Å². The predicted molar refractivity (Wildman–Crippen MR) is 131 cm³/mol. The summed E-state index contributed by atoms with van der Waals surface area (Å²) >= 11 is 1.46. The minimum Gasteiger partial charge on any atom is -0.497 e. The molecule has 1 N–H and O–H groups in total. The molecular weight excluding hydrogens is 454 g/mol. The van der Waals surface area contributed by atoms with Crippen molar-refractivity contribution < 1.29 is 23.8 Å². The average Bonchev–Trinajstić information content (AvgIpc) is 3.46. The maximum atomic E-state index is 13.2. The van der Waals surface area contributed by atoms with Crippen molar-refractivity contribution in [2.24, 2.45) is 4.99 Å². The van der Waals surface area contributed by atoms with Crippen LogP contribution in [-0.4, -0.2) is 54.4 Å². The molecule has 4 rings (SSSR count). The van der Waals surface area contributed by atoms with Crippen molar-refractivity contribution in [3.63, 3.8) is 0 Å². The fourth-order valence-corrected chi connectivity index (χ4v) is 5.23. The molecule has 0 bridgehead atoms. The third kappa shape index (κ3) is 5.31. The van der Waals surface area contributed by atoms with Gasteiger partial charge in [0.1, 0.15) is 5.75 Å². The monoisotopic (exact) mass is 485 g/mol. The second-order valence-electron chi connectivity index (χ2n) is 8.74. The molecule has 3 aliphatic heterocycles. The van der Waals surface area contributed by atoms with Crippen molar-refractivity contribution in [3.8, 4) is 5.75 Å². The summed E-state index contributed by atoms with van der Waals surface area (Å²) in [6.45, 7) is 6.73. The van der Waals surface area contributed by atoms with Crippen LogP contribution >= 0.6 is 11.8 Å². The third-order valence-electron chi connectivity index (χ3n) is 5.89. The quantitative estimate of drug-likeness (QED) is 0.559. The highest BCUT2D eigenvalue weighted by atomic mass is 32.2. The van der Waals surface area contributed by atoms with E-state index in [-0.39, 0.29) is 24.5 Å². The van der Waals surface area contributed by atoms with Gasteiger partial charge in [-0.05, 0) is 56.7 Å². The number of amidine groups is 1. The summed E-state index contributed by atoms with van der Waals surface area (Å²) < 4.78 is 16.5. The van der Waals surface area contributed by atoms with Gasteiger partial charge in [0, 0.05) is 18.8 Å². The number of nitrogens with one attached hydrogen (secondary N) is 1. The van der Waals surface area contributed by atoms with Crippen molar-refractivity contribution in [3.05, 3.63) is 52.2 Å². The van der Waals surface area contributed by atoms with Crippen LogP contribution < -0.4 is 10.1 Å². The molecule has 9 heteroatoms. The van der Waals surface area contributed by atoms with Crippen LogP contribution in [0.5, 0.6) is 5.75 Å². The lowest BCUT2D eigenvalue weighted by atomic mass is 9.93. The Kier molecular flexibility index (Phi) is 7.63. The molecule has 0 spiro atoms. The first-order valence-electron chi connectivity index (χ1n) is 11.5. The molecule has 1 aromatic rings. The predicted octanol–water partition coefficient (Wildman–Crippen LogP) is 3.91. The first kappa shape index (κ1) is 24.3. The van der Waals surface area contributed by atoms with Gasteiger partial charge in [0.05, 0.1) is 43.1 Å². The van der Waals surface area contributed by atoms with Crippen LogP contribution in [0.2, 0.25) is 0 Å². The summed E-state index contributed by atoms with van der Waals surface area (Å²) in [4.78, 5) is 32.6. The number of hydrogen-bond donors (Lipinski definition) is 1. The third-order valence-corrected chi connectivity index (χ3v) is 6.78. The molecule has 0 unspecified atom stereocenters. The number of carbonyl (C=O) groups excluding carboxylic acids is 2. The lowest BCUT2D eigenvalue weighted by molar-refractivity contribution is -0.143. The molecule has 1 fully saturated rings. The second-order valence-corrected chi connectivity index (χ2v) is 9.57. The molecule has 1 amide bonds. The molecule has 0 aliphatic carbocycles. The van der Waals surface area contributed by atoms with Gasteiger partial charge in [0.25, 0.3) is 0 Å². The Morgan fingerprint density at radius 2 is 2.06 bits per heavy atom. The SMILES string of the molecule is COc1ccc([C@H]2C(C(=O)OC(C)C)=C(C)N=C3SC=C(CC(=O)NC[C@H]4CCCO4)N32)cc1. The number of thioether (sulfide) groups is 1. The van der Waals surface area contributed by atoms with Gasteiger partial charge in [-0.2, -0.15) is 0 Å². The number of carbonyl (C=O) groups is 2. The van der Waals surface area contributed by atoms with E-state index in [1.165, 1.54) is 11.8 Å². The van der Waals surface area contributed by atoms with E-state index in [0.717, 1.165) is 41.6 Å². The van der Waals surface area contributed by atoms with Gasteiger partial charge in [0.15, 0.2) is 5.17 Å². The highest BCUT2D eigenvalue weighted by molar-refractivity contribution is 8.16. The number of fused-ring (bicyclic) bond motifs is 1. The largest absolute Gasteiger partial charge is 0.497 e. The number of ether oxygens (including phenoxy) is 3. The van der Waals surface area contributed by atoms with E-state index in [2.05, 4.69) is 10.3 Å². The summed E-state index contributed by atoms with van der Waals surface area (Å²) in [5.41, 5.74) is 2.76. The Hall–Kier alpha value is -2.78. The molecule has 0 saturated carbocycles. The van der Waals surface area contributed by atoms with Gasteiger partial charge in [-0.3, -0.25) is 4.79 Å². The van der Waals surface area contributed by atoms with E-state index in [4.69, 9.17) is 14.2 Å². The second kappa shape index (κ2) is 10.7. The van der Waals surface area contributed by atoms with Crippen LogP contribution in [0.4, 0.5) is 0 Å². The number of amides is 1. The van der Waals surface area contributed by atoms with Crippen molar-refractivity contribution in [2.45, 2.75) is 58.3 Å².